The van der Waals surface area contributed by atoms with Crippen molar-refractivity contribution in [1.29, 1.82) is 0 Å². The SMILES string of the molecule is O=C(O)Cc1ccc(Br)c2c1OCCO2. The number of fused-ring (bicyclic) bond motifs is 1. The smallest absolute Gasteiger partial charge is 0.307 e. The second-order valence-corrected chi connectivity index (χ2v) is 3.99. The van der Waals surface area contributed by atoms with Gasteiger partial charge in [-0.2, -0.15) is 0 Å². The van der Waals surface area contributed by atoms with Crippen LogP contribution >= 0.6 is 15.9 Å². The van der Waals surface area contributed by atoms with Crippen molar-refractivity contribution in [1.82, 2.24) is 0 Å². The number of hydrogen-bond acceptors (Lipinski definition) is 3. The number of rotatable bonds is 2. The molecule has 5 heteroatoms. The zero-order valence-electron chi connectivity index (χ0n) is 7.83. The van der Waals surface area contributed by atoms with Crippen LogP contribution in [0, 0.1) is 0 Å². The number of aliphatic carboxylic acids is 1. The van der Waals surface area contributed by atoms with Gasteiger partial charge in [-0.05, 0) is 22.0 Å². The maximum Gasteiger partial charge on any atom is 0.307 e. The Balaban J connectivity index is 2.43. The fourth-order valence-corrected chi connectivity index (χ4v) is 1.89. The van der Waals surface area contributed by atoms with E-state index in [1.807, 2.05) is 0 Å². The van der Waals surface area contributed by atoms with Gasteiger partial charge in [-0.25, -0.2) is 0 Å². The molecule has 0 saturated heterocycles. The van der Waals surface area contributed by atoms with Crippen LogP contribution in [0.1, 0.15) is 5.56 Å². The van der Waals surface area contributed by atoms with E-state index in [0.717, 1.165) is 4.47 Å². The lowest BCUT2D eigenvalue weighted by Gasteiger charge is -2.21. The molecular formula is C10H9BrO4. The summed E-state index contributed by atoms with van der Waals surface area (Å²) in [6.45, 7) is 0.943. The normalized spacial score (nSPS) is 13.7. The van der Waals surface area contributed by atoms with Crippen LogP contribution in [0.4, 0.5) is 0 Å². The second-order valence-electron chi connectivity index (χ2n) is 3.13. The lowest BCUT2D eigenvalue weighted by atomic mass is 10.1. The Kier molecular flexibility index (Phi) is 2.81. The molecular weight excluding hydrogens is 264 g/mol. The van der Waals surface area contributed by atoms with E-state index in [-0.39, 0.29) is 6.42 Å². The fourth-order valence-electron chi connectivity index (χ4n) is 1.46. The molecule has 0 saturated carbocycles. The quantitative estimate of drug-likeness (QED) is 0.893. The van der Waals surface area contributed by atoms with Crippen molar-refractivity contribution in [3.8, 4) is 11.5 Å². The Morgan fingerprint density at radius 2 is 2.00 bits per heavy atom. The highest BCUT2D eigenvalue weighted by atomic mass is 79.9. The van der Waals surface area contributed by atoms with Gasteiger partial charge in [-0.1, -0.05) is 6.07 Å². The second kappa shape index (κ2) is 4.10. The topological polar surface area (TPSA) is 55.8 Å². The summed E-state index contributed by atoms with van der Waals surface area (Å²) >= 11 is 3.33. The summed E-state index contributed by atoms with van der Waals surface area (Å²) in [6, 6.07) is 3.50. The van der Waals surface area contributed by atoms with Gasteiger partial charge in [0.15, 0.2) is 11.5 Å². The van der Waals surface area contributed by atoms with E-state index in [2.05, 4.69) is 15.9 Å². The van der Waals surface area contributed by atoms with Crippen LogP contribution in [0.25, 0.3) is 0 Å². The van der Waals surface area contributed by atoms with E-state index in [0.29, 0.717) is 30.3 Å². The molecule has 1 aromatic carbocycles. The van der Waals surface area contributed by atoms with Crippen molar-refractivity contribution in [2.75, 3.05) is 13.2 Å². The summed E-state index contributed by atoms with van der Waals surface area (Å²) in [4.78, 5) is 10.6. The summed E-state index contributed by atoms with van der Waals surface area (Å²) in [7, 11) is 0. The Morgan fingerprint density at radius 3 is 2.67 bits per heavy atom. The molecule has 2 rings (SSSR count). The van der Waals surface area contributed by atoms with Crippen molar-refractivity contribution >= 4 is 21.9 Å². The largest absolute Gasteiger partial charge is 0.486 e. The maximum atomic E-state index is 10.6. The summed E-state index contributed by atoms with van der Waals surface area (Å²) in [6.07, 6.45) is -0.0566. The van der Waals surface area contributed by atoms with Gasteiger partial charge < -0.3 is 14.6 Å². The summed E-state index contributed by atoms with van der Waals surface area (Å²) in [5, 5.41) is 8.73. The van der Waals surface area contributed by atoms with Gasteiger partial charge in [0.25, 0.3) is 0 Å². The molecule has 0 bridgehead atoms. The lowest BCUT2D eigenvalue weighted by Crippen LogP contribution is -2.17. The molecule has 1 N–H and O–H groups in total. The molecule has 1 aromatic rings. The number of ether oxygens (including phenoxy) is 2. The van der Waals surface area contributed by atoms with Crippen LogP contribution in [0.3, 0.4) is 0 Å². The van der Waals surface area contributed by atoms with Gasteiger partial charge in [-0.15, -0.1) is 0 Å². The lowest BCUT2D eigenvalue weighted by molar-refractivity contribution is -0.136. The van der Waals surface area contributed by atoms with Gasteiger partial charge in [0.2, 0.25) is 0 Å². The average Bonchev–Trinajstić information content (AvgIpc) is 2.22. The maximum absolute atomic E-state index is 10.6. The van der Waals surface area contributed by atoms with E-state index in [4.69, 9.17) is 14.6 Å². The predicted molar refractivity (Wildman–Crippen MR) is 56.5 cm³/mol. The third-order valence-electron chi connectivity index (χ3n) is 2.06. The molecule has 1 heterocycles. The first kappa shape index (κ1) is 10.3. The van der Waals surface area contributed by atoms with Crippen LogP contribution in [0.5, 0.6) is 11.5 Å². The van der Waals surface area contributed by atoms with Crippen molar-refractivity contribution in [3.63, 3.8) is 0 Å². The first-order valence-corrected chi connectivity index (χ1v) is 5.26. The molecule has 1 aliphatic heterocycles. The average molecular weight is 273 g/mol. The Morgan fingerprint density at radius 1 is 1.33 bits per heavy atom. The number of hydrogen-bond donors (Lipinski definition) is 1. The van der Waals surface area contributed by atoms with E-state index in [9.17, 15) is 4.79 Å². The van der Waals surface area contributed by atoms with Gasteiger partial charge >= 0.3 is 5.97 Å². The summed E-state index contributed by atoms with van der Waals surface area (Å²) in [5.41, 5.74) is 0.639. The Bertz CT molecular complexity index is 403. The third kappa shape index (κ3) is 2.07. The minimum absolute atomic E-state index is 0.0566. The highest BCUT2D eigenvalue weighted by Gasteiger charge is 2.20. The molecule has 0 radical (unpaired) electrons. The molecule has 0 atom stereocenters. The molecule has 0 unspecified atom stereocenters. The van der Waals surface area contributed by atoms with Crippen LogP contribution < -0.4 is 9.47 Å². The monoisotopic (exact) mass is 272 g/mol. The standard InChI is InChI=1S/C10H9BrO4/c11-7-2-1-6(5-8(12)13)9-10(7)15-4-3-14-9/h1-2H,3-5H2,(H,12,13). The molecule has 0 amide bonds. The minimum atomic E-state index is -0.881. The number of halogens is 1. The van der Waals surface area contributed by atoms with E-state index >= 15 is 0 Å². The molecule has 0 spiro atoms. The van der Waals surface area contributed by atoms with Crippen molar-refractivity contribution in [2.24, 2.45) is 0 Å². The van der Waals surface area contributed by atoms with Crippen LogP contribution in [-0.2, 0) is 11.2 Å². The molecule has 0 fully saturated rings. The molecule has 15 heavy (non-hydrogen) atoms. The first-order chi connectivity index (χ1) is 7.18. The molecule has 80 valence electrons. The summed E-state index contributed by atoms with van der Waals surface area (Å²) in [5.74, 6) is 0.256. The first-order valence-electron chi connectivity index (χ1n) is 4.47. The Labute approximate surface area is 94.9 Å². The van der Waals surface area contributed by atoms with Crippen molar-refractivity contribution in [2.45, 2.75) is 6.42 Å². The highest BCUT2D eigenvalue weighted by molar-refractivity contribution is 9.10. The van der Waals surface area contributed by atoms with Crippen molar-refractivity contribution < 1.29 is 19.4 Å². The zero-order valence-corrected chi connectivity index (χ0v) is 9.41. The predicted octanol–water partition coefficient (Wildman–Crippen LogP) is 1.85. The van der Waals surface area contributed by atoms with E-state index in [1.165, 1.54) is 0 Å². The molecule has 0 aromatic heterocycles. The highest BCUT2D eigenvalue weighted by Crippen LogP contribution is 2.40. The zero-order chi connectivity index (χ0) is 10.8. The van der Waals surface area contributed by atoms with Crippen LogP contribution in [0.15, 0.2) is 16.6 Å². The molecule has 1 aliphatic rings. The van der Waals surface area contributed by atoms with Crippen molar-refractivity contribution in [3.05, 3.63) is 22.2 Å². The number of benzene rings is 1. The van der Waals surface area contributed by atoms with Gasteiger partial charge in [0.05, 0.1) is 10.9 Å². The summed E-state index contributed by atoms with van der Waals surface area (Å²) < 4.78 is 11.6. The fraction of sp³-hybridized carbons (Fsp3) is 0.300. The van der Waals surface area contributed by atoms with Crippen LogP contribution in [0.2, 0.25) is 0 Å². The number of carboxylic acids is 1. The minimum Gasteiger partial charge on any atom is -0.486 e. The number of carbonyl (C=O) groups is 1. The molecule has 4 nitrogen and oxygen atoms in total. The Hall–Kier alpha value is -1.23. The third-order valence-corrected chi connectivity index (χ3v) is 2.69. The van der Waals surface area contributed by atoms with Gasteiger partial charge in [0, 0.05) is 5.56 Å². The van der Waals surface area contributed by atoms with Gasteiger partial charge in [0.1, 0.15) is 13.2 Å². The van der Waals surface area contributed by atoms with E-state index < -0.39 is 5.97 Å². The van der Waals surface area contributed by atoms with Crippen LogP contribution in [-0.4, -0.2) is 24.3 Å². The number of carboxylic acid groups (broad SMARTS) is 1. The van der Waals surface area contributed by atoms with E-state index in [1.54, 1.807) is 12.1 Å². The molecule has 0 aliphatic carbocycles. The van der Waals surface area contributed by atoms with Gasteiger partial charge in [-0.3, -0.25) is 4.79 Å².